The summed E-state index contributed by atoms with van der Waals surface area (Å²) in [5, 5.41) is 64.7. The molecular weight excluding hydrogens is 1770 g/mol. The van der Waals surface area contributed by atoms with Crippen molar-refractivity contribution in [3.8, 4) is 11.5 Å². The van der Waals surface area contributed by atoms with Gasteiger partial charge in [0.2, 0.25) is 40.1 Å². The molecule has 8 aromatic carbocycles. The molecule has 9 N–H and O–H groups in total. The van der Waals surface area contributed by atoms with E-state index in [2.05, 4.69) is 110 Å². The fourth-order valence-corrected chi connectivity index (χ4v) is 23.4. The summed E-state index contributed by atoms with van der Waals surface area (Å²) in [5.74, 6) is 5.41. The van der Waals surface area contributed by atoms with E-state index < -0.39 is 82.5 Å². The normalized spacial score (nSPS) is 20.3. The summed E-state index contributed by atoms with van der Waals surface area (Å²) in [6, 6.07) is 58.7. The molecule has 33 nitrogen and oxygen atoms in total. The maximum absolute atomic E-state index is 12.6. The van der Waals surface area contributed by atoms with Crippen LogP contribution in [0.5, 0.6) is 11.5 Å². The topological polar surface area (TPSA) is 462 Å². The number of sulfonamides is 4. The number of nitro benzene ring substituents is 4. The zero-order valence-electron chi connectivity index (χ0n) is 73.7. The van der Waals surface area contributed by atoms with Crippen molar-refractivity contribution in [2.75, 3.05) is 84.0 Å². The van der Waals surface area contributed by atoms with Gasteiger partial charge in [-0.05, 0) is 279 Å². The number of pyridine rings is 2. The highest BCUT2D eigenvalue weighted by atomic mass is 32.2. The molecule has 16 rings (SSSR count). The minimum Gasteiger partial charge on any atom is -0.486 e. The second-order valence-corrected chi connectivity index (χ2v) is 41.9. The predicted molar refractivity (Wildman–Crippen MR) is 506 cm³/mol. The third-order valence-corrected chi connectivity index (χ3v) is 31.6. The summed E-state index contributed by atoms with van der Waals surface area (Å²) in [4.78, 5) is 49.9. The van der Waals surface area contributed by atoms with Crippen molar-refractivity contribution in [1.82, 2.24) is 50.1 Å². The fourth-order valence-electron chi connectivity index (χ4n) is 18.2. The Balaban J connectivity index is 0.000000150. The lowest BCUT2D eigenvalue weighted by molar-refractivity contribution is -0.388. The number of rotatable bonds is 36. The molecule has 0 radical (unpaired) electrons. The molecule has 6 aliphatic rings. The second kappa shape index (κ2) is 47.6. The van der Waals surface area contributed by atoms with Gasteiger partial charge in [0.15, 0.2) is 31.1 Å². The molecule has 10 aromatic rings. The summed E-state index contributed by atoms with van der Waals surface area (Å²) < 4.78 is 122. The zero-order valence-corrected chi connectivity index (χ0v) is 77.0. The first-order chi connectivity index (χ1) is 63.7. The molecule has 1 unspecified atom stereocenters. The summed E-state index contributed by atoms with van der Waals surface area (Å²) in [5.41, 5.74) is 6.45. The van der Waals surface area contributed by atoms with E-state index in [-0.39, 0.29) is 43.3 Å². The van der Waals surface area contributed by atoms with Gasteiger partial charge in [-0.15, -0.1) is 0 Å². The van der Waals surface area contributed by atoms with Crippen LogP contribution in [0, 0.1) is 93.7 Å². The first-order valence-electron chi connectivity index (χ1n) is 45.3. The Bertz CT molecular complexity index is 6050. The third-order valence-electron chi connectivity index (χ3n) is 25.7. The van der Waals surface area contributed by atoms with Crippen molar-refractivity contribution in [1.29, 1.82) is 0 Å². The van der Waals surface area contributed by atoms with Gasteiger partial charge in [0, 0.05) is 99.3 Å². The molecule has 0 bridgehead atoms. The highest BCUT2D eigenvalue weighted by Gasteiger charge is 2.34. The number of hydrogen-bond donors (Lipinski definition) is 9. The highest BCUT2D eigenvalue weighted by Crippen LogP contribution is 2.37. The number of fused-ring (bicyclic) bond motifs is 4. The number of nitrogens with zero attached hydrogens (tertiary/aromatic N) is 6. The van der Waals surface area contributed by atoms with Gasteiger partial charge in [-0.2, -0.15) is 0 Å². The van der Waals surface area contributed by atoms with E-state index in [9.17, 15) is 74.1 Å². The molecular formula is C95H117N15O18S4. The third kappa shape index (κ3) is 28.3. The first-order valence-corrected chi connectivity index (χ1v) is 51.3. The van der Waals surface area contributed by atoms with Gasteiger partial charge in [-0.25, -0.2) is 52.6 Å². The molecule has 704 valence electrons. The Morgan fingerprint density at radius 3 is 1.17 bits per heavy atom. The number of anilines is 1. The number of nitro groups is 4. The van der Waals surface area contributed by atoms with Gasteiger partial charge in [0.05, 0.1) is 36.4 Å². The van der Waals surface area contributed by atoms with E-state index in [1.807, 2.05) is 60.8 Å². The van der Waals surface area contributed by atoms with Gasteiger partial charge >= 0.3 is 0 Å². The molecule has 4 heterocycles. The monoisotopic (exact) mass is 1880 g/mol. The van der Waals surface area contributed by atoms with E-state index in [0.717, 1.165) is 207 Å². The minimum atomic E-state index is -3.92. The SMILES string of the molecule is O=[N+]([O-])c1ccccc1S(=O)(=O)NCC1CCC(CNCC2CNc3ccccc3C2)CC1.O=[N+]([O-])c1ccccc1S(=O)(=O)NCC1CCC(CNCc2ccc3c(c2)OCCO3)CC1.O=[N+]([O-])c1ccccc1S(=O)(=O)NCC1CCC(CNCc2ccc3ccccc3n2)CC1.O=[N+]([O-])c1ccccc1S(=O)(=O)NCC1CCC(CNCc2ccnc3ccccc23)CC1. The molecule has 4 aliphatic carbocycles. The number of para-hydroxylation sites is 7. The van der Waals surface area contributed by atoms with Crippen molar-refractivity contribution in [3.63, 3.8) is 0 Å². The Morgan fingerprint density at radius 1 is 0.348 bits per heavy atom. The number of nitrogens with one attached hydrogen (secondary N) is 9. The van der Waals surface area contributed by atoms with Gasteiger partial charge in [0.25, 0.3) is 22.7 Å². The second-order valence-electron chi connectivity index (χ2n) is 35.0. The molecule has 4 saturated carbocycles. The standard InChI is InChI=1S/C24H32N4O4S.2C24H28N4O4S.C23H29N3O6S/c29-28(30)23-7-3-4-8-24(23)33(31,32)27-17-19-11-9-18(10-12-19)14-25-15-20-13-21-5-1-2-6-22(21)26-16-20;29-28(30)23-7-3-4-8-24(23)33(31,32)27-16-19-11-9-18(10-12-19)15-25-17-20-13-14-26-22-6-2-1-5-21(20)22;29-28(30)23-7-3-4-8-24(23)33(31,32)26-16-19-11-9-18(10-12-19)15-25-17-21-14-13-20-5-1-2-6-22(20)27-21;27-26(28)20-3-1-2-4-23(20)33(29,30)25-16-18-7-5-17(6-8-18)14-24-15-19-9-10-21-22(13-19)32-12-11-31-21/h1-8,18-20,25-27H,9-17H2;1-8,13-14,18-19,25,27H,9-12,15-17H2;1-8,13-14,18-19,25-26H,9-12,15-17H2;1-4,9-10,13,17-18,24-25H,5-8,11-12,14-16H2. The van der Waals surface area contributed by atoms with Crippen LogP contribution in [0.25, 0.3) is 21.8 Å². The summed E-state index contributed by atoms with van der Waals surface area (Å²) in [6.07, 6.45) is 18.7. The van der Waals surface area contributed by atoms with E-state index in [1.165, 1.54) is 119 Å². The lowest BCUT2D eigenvalue weighted by atomic mass is 9.82. The molecule has 0 amide bonds. The van der Waals surface area contributed by atoms with Crippen LogP contribution in [0.2, 0.25) is 0 Å². The van der Waals surface area contributed by atoms with Crippen LogP contribution in [0.4, 0.5) is 28.4 Å². The largest absolute Gasteiger partial charge is 0.486 e. The average Bonchev–Trinajstić information content (AvgIpc) is 0.822. The van der Waals surface area contributed by atoms with Gasteiger partial charge in [-0.1, -0.05) is 115 Å². The van der Waals surface area contributed by atoms with Crippen LogP contribution < -0.4 is 54.9 Å². The number of aromatic nitrogens is 2. The van der Waals surface area contributed by atoms with Gasteiger partial charge in [-0.3, -0.25) is 50.4 Å². The summed E-state index contributed by atoms with van der Waals surface area (Å²) in [6.45, 7) is 10.4. The molecule has 132 heavy (non-hydrogen) atoms. The fraction of sp³-hybridized carbons (Fsp3) is 0.432. The van der Waals surface area contributed by atoms with Crippen LogP contribution in [0.1, 0.15) is 125 Å². The summed E-state index contributed by atoms with van der Waals surface area (Å²) >= 11 is 0. The smallest absolute Gasteiger partial charge is 0.289 e. The maximum atomic E-state index is 12.6. The van der Waals surface area contributed by atoms with Crippen LogP contribution in [0.3, 0.4) is 0 Å². The first kappa shape index (κ1) is 98.6. The molecule has 37 heteroatoms. The molecule has 0 saturated heterocycles. The zero-order chi connectivity index (χ0) is 93.0. The lowest BCUT2D eigenvalue weighted by Gasteiger charge is -2.30. The van der Waals surface area contributed by atoms with Crippen LogP contribution in [-0.4, -0.2) is 142 Å². The lowest BCUT2D eigenvalue weighted by Crippen LogP contribution is -2.36. The van der Waals surface area contributed by atoms with Crippen molar-refractivity contribution >= 4 is 90.3 Å². The Morgan fingerprint density at radius 2 is 0.712 bits per heavy atom. The van der Waals surface area contributed by atoms with Crippen LogP contribution in [0.15, 0.2) is 232 Å². The molecule has 2 aromatic heterocycles. The highest BCUT2D eigenvalue weighted by molar-refractivity contribution is 7.90. The molecule has 0 spiro atoms. The van der Waals surface area contributed by atoms with Crippen molar-refractivity contribution < 1.29 is 62.8 Å². The van der Waals surface area contributed by atoms with Crippen LogP contribution in [-0.2, 0) is 66.1 Å². The Kier molecular flexibility index (Phi) is 35.6. The van der Waals surface area contributed by atoms with E-state index in [4.69, 9.17) is 9.47 Å². The summed E-state index contributed by atoms with van der Waals surface area (Å²) in [7, 11) is -15.7. The molecule has 4 fully saturated rings. The van der Waals surface area contributed by atoms with Crippen molar-refractivity contribution in [2.24, 2.45) is 53.3 Å². The van der Waals surface area contributed by atoms with E-state index >= 15 is 0 Å². The average molecular weight is 1890 g/mol. The van der Waals surface area contributed by atoms with Crippen molar-refractivity contribution in [2.45, 2.75) is 148 Å². The Hall–Kier alpha value is -10.9. The Labute approximate surface area is 770 Å². The van der Waals surface area contributed by atoms with Gasteiger partial charge < -0.3 is 36.1 Å². The number of ether oxygens (including phenoxy) is 2. The quantitative estimate of drug-likeness (QED) is 0.0130. The maximum Gasteiger partial charge on any atom is 0.289 e. The van der Waals surface area contributed by atoms with E-state index in [0.29, 0.717) is 69.0 Å². The van der Waals surface area contributed by atoms with Crippen molar-refractivity contribution in [3.05, 3.63) is 275 Å². The predicted octanol–water partition coefficient (Wildman–Crippen LogP) is 14.8. The molecule has 2 aliphatic heterocycles. The van der Waals surface area contributed by atoms with Gasteiger partial charge in [0.1, 0.15) is 13.2 Å². The van der Waals surface area contributed by atoms with E-state index in [1.54, 1.807) is 0 Å². The minimum absolute atomic E-state index is 0.233. The van der Waals surface area contributed by atoms with Crippen LogP contribution >= 0.6 is 0 Å². The number of hydrogen-bond acceptors (Lipinski definition) is 25. The number of benzene rings is 8. The molecule has 1 atom stereocenters.